The minimum Gasteiger partial charge on any atom is -0.395 e. The van der Waals surface area contributed by atoms with E-state index in [9.17, 15) is 13.2 Å². The van der Waals surface area contributed by atoms with E-state index < -0.39 is 28.0 Å². The molecule has 0 heterocycles. The number of hydrogen-bond acceptors (Lipinski definition) is 4. The van der Waals surface area contributed by atoms with Crippen LogP contribution in [0, 0.1) is 0 Å². The minimum atomic E-state index is -3.48. The van der Waals surface area contributed by atoms with Gasteiger partial charge in [0.05, 0.1) is 12.4 Å². The molecule has 0 aliphatic heterocycles. The zero-order valence-corrected chi connectivity index (χ0v) is 8.90. The zero-order chi connectivity index (χ0) is 11.3. The molecular formula is C10H12O4S. The lowest BCUT2D eigenvalue weighted by atomic mass is 10.2. The Kier molecular flexibility index (Phi) is 3.99. The highest BCUT2D eigenvalue weighted by Crippen LogP contribution is 2.02. The van der Waals surface area contributed by atoms with E-state index in [-0.39, 0.29) is 5.75 Å². The van der Waals surface area contributed by atoms with Gasteiger partial charge in [0.1, 0.15) is 5.75 Å². The summed E-state index contributed by atoms with van der Waals surface area (Å²) < 4.78 is 22.5. The van der Waals surface area contributed by atoms with Gasteiger partial charge in [-0.05, 0) is 0 Å². The number of rotatable bonds is 5. The Bertz CT molecular complexity index is 422. The van der Waals surface area contributed by atoms with Gasteiger partial charge in [-0.2, -0.15) is 0 Å². The fraction of sp³-hybridized carbons (Fsp3) is 0.300. The molecule has 82 valence electrons. The van der Waals surface area contributed by atoms with Crippen LogP contribution in [0.15, 0.2) is 30.3 Å². The maximum Gasteiger partial charge on any atom is 0.177 e. The van der Waals surface area contributed by atoms with Gasteiger partial charge >= 0.3 is 0 Å². The predicted molar refractivity (Wildman–Crippen MR) is 56.5 cm³/mol. The van der Waals surface area contributed by atoms with Gasteiger partial charge in [-0.3, -0.25) is 4.79 Å². The molecule has 0 fully saturated rings. The van der Waals surface area contributed by atoms with Gasteiger partial charge in [0.25, 0.3) is 0 Å². The summed E-state index contributed by atoms with van der Waals surface area (Å²) in [4.78, 5) is 11.5. The summed E-state index contributed by atoms with van der Waals surface area (Å²) in [6.45, 7) is -0.454. The largest absolute Gasteiger partial charge is 0.395 e. The molecule has 0 aliphatic carbocycles. The van der Waals surface area contributed by atoms with Crippen molar-refractivity contribution in [1.29, 1.82) is 0 Å². The third kappa shape index (κ3) is 3.81. The number of aliphatic hydroxyl groups excluding tert-OH is 1. The highest BCUT2D eigenvalue weighted by Gasteiger charge is 2.16. The molecule has 0 saturated heterocycles. The molecule has 0 aliphatic rings. The lowest BCUT2D eigenvalue weighted by molar-refractivity contribution is 0.102. The lowest BCUT2D eigenvalue weighted by Gasteiger charge is -2.01. The maximum absolute atomic E-state index is 11.5. The topological polar surface area (TPSA) is 71.4 Å². The van der Waals surface area contributed by atoms with Crippen molar-refractivity contribution in [3.63, 3.8) is 0 Å². The monoisotopic (exact) mass is 228 g/mol. The zero-order valence-electron chi connectivity index (χ0n) is 8.09. The molecule has 5 heteroatoms. The first-order chi connectivity index (χ1) is 7.05. The first-order valence-electron chi connectivity index (χ1n) is 4.45. The number of hydrogen-bond donors (Lipinski definition) is 1. The second-order valence-electron chi connectivity index (χ2n) is 3.10. The van der Waals surface area contributed by atoms with E-state index in [2.05, 4.69) is 0 Å². The van der Waals surface area contributed by atoms with Gasteiger partial charge in [-0.15, -0.1) is 0 Å². The first kappa shape index (κ1) is 11.9. The molecule has 0 spiro atoms. The van der Waals surface area contributed by atoms with E-state index in [0.717, 1.165) is 0 Å². The van der Waals surface area contributed by atoms with Crippen LogP contribution in [0.2, 0.25) is 0 Å². The van der Waals surface area contributed by atoms with Crippen LogP contribution >= 0.6 is 0 Å². The van der Waals surface area contributed by atoms with Crippen LogP contribution in [-0.4, -0.2) is 37.4 Å². The Morgan fingerprint density at radius 2 is 1.80 bits per heavy atom. The molecule has 0 amide bonds. The highest BCUT2D eigenvalue weighted by atomic mass is 32.2. The number of sulfone groups is 1. The summed E-state index contributed by atoms with van der Waals surface area (Å²) in [6, 6.07) is 8.23. The summed E-state index contributed by atoms with van der Waals surface area (Å²) in [6.07, 6.45) is 0. The Morgan fingerprint density at radius 3 is 2.33 bits per heavy atom. The molecule has 0 bridgehead atoms. The van der Waals surface area contributed by atoms with Crippen LogP contribution in [0.5, 0.6) is 0 Å². The van der Waals surface area contributed by atoms with E-state index in [1.54, 1.807) is 30.3 Å². The number of ketones is 1. The highest BCUT2D eigenvalue weighted by molar-refractivity contribution is 7.92. The van der Waals surface area contributed by atoms with E-state index in [1.807, 2.05) is 0 Å². The minimum absolute atomic E-state index is 0.369. The first-order valence-corrected chi connectivity index (χ1v) is 6.27. The second-order valence-corrected chi connectivity index (χ2v) is 5.29. The summed E-state index contributed by atoms with van der Waals surface area (Å²) in [5.74, 6) is -1.35. The molecule has 1 rings (SSSR count). The van der Waals surface area contributed by atoms with Gasteiger partial charge in [0.2, 0.25) is 0 Å². The van der Waals surface area contributed by atoms with E-state index in [1.165, 1.54) is 0 Å². The number of carbonyl (C=O) groups is 1. The van der Waals surface area contributed by atoms with Crippen molar-refractivity contribution in [2.45, 2.75) is 0 Å². The van der Waals surface area contributed by atoms with Crippen LogP contribution in [0.4, 0.5) is 0 Å². The molecule has 15 heavy (non-hydrogen) atoms. The summed E-state index contributed by atoms with van der Waals surface area (Å²) in [5.41, 5.74) is 0.374. The van der Waals surface area contributed by atoms with Crippen molar-refractivity contribution < 1.29 is 18.3 Å². The Balaban J connectivity index is 2.73. The second kappa shape index (κ2) is 5.04. The average molecular weight is 228 g/mol. The maximum atomic E-state index is 11.5. The van der Waals surface area contributed by atoms with E-state index >= 15 is 0 Å². The normalized spacial score (nSPS) is 11.3. The molecule has 0 unspecified atom stereocenters. The van der Waals surface area contributed by atoms with Gasteiger partial charge < -0.3 is 5.11 Å². The van der Waals surface area contributed by atoms with Crippen molar-refractivity contribution in [2.75, 3.05) is 18.1 Å². The van der Waals surface area contributed by atoms with Crippen molar-refractivity contribution in [3.05, 3.63) is 35.9 Å². The quantitative estimate of drug-likeness (QED) is 0.735. The van der Waals surface area contributed by atoms with Crippen LogP contribution in [0.1, 0.15) is 10.4 Å². The van der Waals surface area contributed by atoms with E-state index in [0.29, 0.717) is 5.56 Å². The van der Waals surface area contributed by atoms with Crippen molar-refractivity contribution in [2.24, 2.45) is 0 Å². The van der Waals surface area contributed by atoms with Gasteiger partial charge in [0, 0.05) is 5.56 Å². The Hall–Kier alpha value is -1.20. The van der Waals surface area contributed by atoms with Crippen molar-refractivity contribution in [3.8, 4) is 0 Å². The third-order valence-electron chi connectivity index (χ3n) is 1.85. The SMILES string of the molecule is O=C(CS(=O)(=O)CCO)c1ccccc1. The molecule has 0 radical (unpaired) electrons. The fourth-order valence-electron chi connectivity index (χ4n) is 1.12. The molecular weight excluding hydrogens is 216 g/mol. The number of Topliss-reactive ketones (excluding diaryl/α,β-unsaturated/α-hetero) is 1. The molecule has 0 saturated carbocycles. The number of aliphatic hydroxyl groups is 1. The molecule has 0 atom stereocenters. The molecule has 1 N–H and O–H groups in total. The van der Waals surface area contributed by atoms with Gasteiger partial charge in [0.15, 0.2) is 15.6 Å². The summed E-state index contributed by atoms with van der Waals surface area (Å²) in [5, 5.41) is 8.49. The van der Waals surface area contributed by atoms with E-state index in [4.69, 9.17) is 5.11 Å². The van der Waals surface area contributed by atoms with Crippen LogP contribution in [0.3, 0.4) is 0 Å². The molecule has 1 aromatic rings. The summed E-state index contributed by atoms with van der Waals surface area (Å²) in [7, 11) is -3.48. The lowest BCUT2D eigenvalue weighted by Crippen LogP contribution is -2.20. The standard InChI is InChI=1S/C10H12O4S/c11-6-7-15(13,14)8-10(12)9-4-2-1-3-5-9/h1-5,11H,6-8H2. The van der Waals surface area contributed by atoms with Crippen LogP contribution in [0.25, 0.3) is 0 Å². The predicted octanol–water partition coefficient (Wildman–Crippen LogP) is 0.276. The van der Waals surface area contributed by atoms with Crippen LogP contribution in [-0.2, 0) is 9.84 Å². The fourth-order valence-corrected chi connectivity index (χ4v) is 2.11. The Morgan fingerprint density at radius 1 is 1.20 bits per heavy atom. The molecule has 1 aromatic carbocycles. The summed E-state index contributed by atoms with van der Waals surface area (Å²) >= 11 is 0. The van der Waals surface area contributed by atoms with Gasteiger partial charge in [-0.1, -0.05) is 30.3 Å². The molecule has 4 nitrogen and oxygen atoms in total. The smallest absolute Gasteiger partial charge is 0.177 e. The van der Waals surface area contributed by atoms with Crippen molar-refractivity contribution in [1.82, 2.24) is 0 Å². The van der Waals surface area contributed by atoms with Crippen molar-refractivity contribution >= 4 is 15.6 Å². The van der Waals surface area contributed by atoms with Crippen LogP contribution < -0.4 is 0 Å². The average Bonchev–Trinajstić information content (AvgIpc) is 2.18. The molecule has 0 aromatic heterocycles. The Labute approximate surface area is 88.5 Å². The number of carbonyl (C=O) groups excluding carboxylic acids is 1. The third-order valence-corrected chi connectivity index (χ3v) is 3.36. The van der Waals surface area contributed by atoms with Gasteiger partial charge in [-0.25, -0.2) is 8.42 Å². The number of benzene rings is 1.